The Labute approximate surface area is 146 Å². The van der Waals surface area contributed by atoms with Crippen molar-refractivity contribution in [3.05, 3.63) is 65.5 Å². The Morgan fingerprint density at radius 2 is 2.04 bits per heavy atom. The molecule has 0 saturated carbocycles. The molecule has 0 atom stereocenters. The van der Waals surface area contributed by atoms with Crippen LogP contribution in [0.2, 0.25) is 0 Å². The smallest absolute Gasteiger partial charge is 0.255 e. The second kappa shape index (κ2) is 6.12. The first-order valence-corrected chi connectivity index (χ1v) is 8.37. The van der Waals surface area contributed by atoms with Crippen molar-refractivity contribution in [2.24, 2.45) is 7.05 Å². The van der Waals surface area contributed by atoms with E-state index in [9.17, 15) is 4.79 Å². The van der Waals surface area contributed by atoms with Crippen LogP contribution in [0.3, 0.4) is 0 Å². The molecule has 0 bridgehead atoms. The fourth-order valence-electron chi connectivity index (χ4n) is 3.17. The van der Waals surface area contributed by atoms with Gasteiger partial charge in [0.2, 0.25) is 0 Å². The molecule has 25 heavy (non-hydrogen) atoms. The number of imidazole rings is 1. The van der Waals surface area contributed by atoms with Gasteiger partial charge in [-0.15, -0.1) is 0 Å². The number of carbonyl (C=O) groups excluding carboxylic acids is 1. The second-order valence-electron chi connectivity index (χ2n) is 6.18. The summed E-state index contributed by atoms with van der Waals surface area (Å²) in [6, 6.07) is 7.61. The Hall–Kier alpha value is -3.02. The third kappa shape index (κ3) is 2.69. The minimum absolute atomic E-state index is 0.00496. The lowest BCUT2D eigenvalue weighted by atomic mass is 10.1. The van der Waals surface area contributed by atoms with E-state index in [2.05, 4.69) is 15.0 Å². The van der Waals surface area contributed by atoms with E-state index in [0.29, 0.717) is 18.7 Å². The summed E-state index contributed by atoms with van der Waals surface area (Å²) in [5.74, 6) is 1.60. The largest absolute Gasteiger partial charge is 0.334 e. The van der Waals surface area contributed by atoms with Gasteiger partial charge in [-0.25, -0.2) is 15.0 Å². The zero-order valence-corrected chi connectivity index (χ0v) is 14.3. The summed E-state index contributed by atoms with van der Waals surface area (Å²) in [6.45, 7) is 3.11. The average molecular weight is 333 g/mol. The highest BCUT2D eigenvalue weighted by molar-refractivity contribution is 6.00. The standard InChI is InChI=1S/C19H19N5O/c1-3-17-21-10-13-11-24(12-16(13)22-17)19(25)15-7-5-4-6-14(15)18-20-8-9-23(18)2/h4-10H,3,11-12H2,1-2H3. The number of hydrogen-bond donors (Lipinski definition) is 0. The van der Waals surface area contributed by atoms with Crippen LogP contribution in [0, 0.1) is 0 Å². The van der Waals surface area contributed by atoms with Crippen LogP contribution in [0.4, 0.5) is 0 Å². The first-order chi connectivity index (χ1) is 12.2. The van der Waals surface area contributed by atoms with Gasteiger partial charge in [0.15, 0.2) is 0 Å². The van der Waals surface area contributed by atoms with Gasteiger partial charge in [0.25, 0.3) is 5.91 Å². The average Bonchev–Trinajstić information content (AvgIpc) is 3.26. The third-order valence-corrected chi connectivity index (χ3v) is 4.53. The highest BCUT2D eigenvalue weighted by Gasteiger charge is 2.28. The topological polar surface area (TPSA) is 63.9 Å². The zero-order valence-electron chi connectivity index (χ0n) is 14.3. The van der Waals surface area contributed by atoms with Gasteiger partial charge < -0.3 is 9.47 Å². The van der Waals surface area contributed by atoms with Crippen LogP contribution in [-0.4, -0.2) is 30.3 Å². The van der Waals surface area contributed by atoms with Crippen molar-refractivity contribution in [3.63, 3.8) is 0 Å². The molecule has 1 aliphatic heterocycles. The lowest BCUT2D eigenvalue weighted by Gasteiger charge is -2.17. The van der Waals surface area contributed by atoms with Gasteiger partial charge in [0.05, 0.1) is 17.8 Å². The van der Waals surface area contributed by atoms with Crippen LogP contribution < -0.4 is 0 Å². The van der Waals surface area contributed by atoms with Crippen molar-refractivity contribution in [1.29, 1.82) is 0 Å². The molecule has 6 nitrogen and oxygen atoms in total. The Morgan fingerprint density at radius 3 is 2.80 bits per heavy atom. The summed E-state index contributed by atoms with van der Waals surface area (Å²) in [4.78, 5) is 28.3. The third-order valence-electron chi connectivity index (χ3n) is 4.53. The molecule has 0 N–H and O–H groups in total. The Kier molecular flexibility index (Phi) is 3.80. The molecule has 1 aliphatic rings. The van der Waals surface area contributed by atoms with Crippen molar-refractivity contribution >= 4 is 5.91 Å². The highest BCUT2D eigenvalue weighted by atomic mass is 16.2. The number of hydrogen-bond acceptors (Lipinski definition) is 4. The van der Waals surface area contributed by atoms with E-state index in [1.165, 1.54) is 0 Å². The SMILES string of the molecule is CCc1ncc2c(n1)CN(C(=O)c1ccccc1-c1nccn1C)C2. The van der Waals surface area contributed by atoms with Gasteiger partial charge in [-0.1, -0.05) is 25.1 Å². The predicted molar refractivity (Wildman–Crippen MR) is 93.6 cm³/mol. The summed E-state index contributed by atoms with van der Waals surface area (Å²) in [7, 11) is 1.93. The number of rotatable bonds is 3. The van der Waals surface area contributed by atoms with E-state index in [0.717, 1.165) is 34.9 Å². The Bertz CT molecular complexity index is 946. The van der Waals surface area contributed by atoms with Crippen molar-refractivity contribution < 1.29 is 4.79 Å². The first-order valence-electron chi connectivity index (χ1n) is 8.37. The minimum Gasteiger partial charge on any atom is -0.334 e. The molecule has 1 aromatic carbocycles. The maximum Gasteiger partial charge on any atom is 0.255 e. The van der Waals surface area contributed by atoms with Gasteiger partial charge in [0.1, 0.15) is 11.6 Å². The maximum absolute atomic E-state index is 13.1. The number of fused-ring (bicyclic) bond motifs is 1. The fraction of sp³-hybridized carbons (Fsp3) is 0.263. The molecule has 0 radical (unpaired) electrons. The summed E-state index contributed by atoms with van der Waals surface area (Å²) >= 11 is 0. The zero-order chi connectivity index (χ0) is 17.4. The van der Waals surface area contributed by atoms with Gasteiger partial charge in [-0.3, -0.25) is 4.79 Å². The van der Waals surface area contributed by atoms with Gasteiger partial charge in [-0.05, 0) is 6.07 Å². The molecule has 0 saturated heterocycles. The Balaban J connectivity index is 1.66. The van der Waals surface area contributed by atoms with Crippen molar-refractivity contribution in [1.82, 2.24) is 24.4 Å². The van der Waals surface area contributed by atoms with Crippen LogP contribution in [0.1, 0.15) is 34.4 Å². The van der Waals surface area contributed by atoms with Crippen LogP contribution in [0.15, 0.2) is 42.9 Å². The van der Waals surface area contributed by atoms with Crippen LogP contribution in [0.25, 0.3) is 11.4 Å². The van der Waals surface area contributed by atoms with Crippen LogP contribution in [-0.2, 0) is 26.6 Å². The number of amides is 1. The molecular formula is C19H19N5O. The van der Waals surface area contributed by atoms with E-state index < -0.39 is 0 Å². The van der Waals surface area contributed by atoms with Gasteiger partial charge in [0, 0.05) is 49.7 Å². The van der Waals surface area contributed by atoms with Gasteiger partial charge >= 0.3 is 0 Å². The quantitative estimate of drug-likeness (QED) is 0.739. The summed E-state index contributed by atoms with van der Waals surface area (Å²) < 4.78 is 1.92. The fourth-order valence-corrected chi connectivity index (χ4v) is 3.17. The van der Waals surface area contributed by atoms with Crippen LogP contribution in [0.5, 0.6) is 0 Å². The van der Waals surface area contributed by atoms with Crippen molar-refractivity contribution in [3.8, 4) is 11.4 Å². The summed E-state index contributed by atoms with van der Waals surface area (Å²) in [6.07, 6.45) is 6.26. The molecule has 0 spiro atoms. The molecule has 3 heterocycles. The number of benzene rings is 1. The number of carbonyl (C=O) groups is 1. The molecule has 0 fully saturated rings. The molecule has 0 aliphatic carbocycles. The lowest BCUT2D eigenvalue weighted by molar-refractivity contribution is 0.0751. The summed E-state index contributed by atoms with van der Waals surface area (Å²) in [5.41, 5.74) is 3.49. The number of aromatic nitrogens is 4. The predicted octanol–water partition coefficient (Wildman–Crippen LogP) is 2.60. The molecule has 6 heteroatoms. The summed E-state index contributed by atoms with van der Waals surface area (Å²) in [5, 5.41) is 0. The molecule has 1 amide bonds. The van der Waals surface area contributed by atoms with E-state index in [1.54, 1.807) is 6.20 Å². The van der Waals surface area contributed by atoms with E-state index in [-0.39, 0.29) is 5.91 Å². The monoisotopic (exact) mass is 333 g/mol. The second-order valence-corrected chi connectivity index (χ2v) is 6.18. The molecular weight excluding hydrogens is 314 g/mol. The van der Waals surface area contributed by atoms with E-state index in [1.807, 2.05) is 60.1 Å². The molecule has 4 rings (SSSR count). The minimum atomic E-state index is -0.00496. The van der Waals surface area contributed by atoms with Crippen molar-refractivity contribution in [2.75, 3.05) is 0 Å². The molecule has 126 valence electrons. The Morgan fingerprint density at radius 1 is 1.20 bits per heavy atom. The number of nitrogens with zero attached hydrogens (tertiary/aromatic N) is 5. The van der Waals surface area contributed by atoms with Crippen molar-refractivity contribution in [2.45, 2.75) is 26.4 Å². The van der Waals surface area contributed by atoms with Crippen LogP contribution >= 0.6 is 0 Å². The molecule has 0 unspecified atom stereocenters. The van der Waals surface area contributed by atoms with E-state index in [4.69, 9.17) is 0 Å². The lowest BCUT2D eigenvalue weighted by Crippen LogP contribution is -2.26. The van der Waals surface area contributed by atoms with Gasteiger partial charge in [-0.2, -0.15) is 0 Å². The molecule has 2 aromatic heterocycles. The maximum atomic E-state index is 13.1. The molecule has 3 aromatic rings. The van der Waals surface area contributed by atoms with E-state index >= 15 is 0 Å². The first kappa shape index (κ1) is 15.5. The normalized spacial score (nSPS) is 13.1. The number of aryl methyl sites for hydroxylation is 2. The highest BCUT2D eigenvalue weighted by Crippen LogP contribution is 2.27.